The SMILES string of the molecule is CCCn1c(=O)n(CC(=O)N2CCCC[C@H]2C)c2ccccc21. The maximum absolute atomic E-state index is 12.7. The largest absolute Gasteiger partial charge is 0.338 e. The number of amides is 1. The molecule has 0 bridgehead atoms. The summed E-state index contributed by atoms with van der Waals surface area (Å²) in [7, 11) is 0. The van der Waals surface area contributed by atoms with Gasteiger partial charge in [0.15, 0.2) is 0 Å². The molecule has 1 amide bonds. The zero-order valence-corrected chi connectivity index (χ0v) is 14.0. The molecule has 0 spiro atoms. The van der Waals surface area contributed by atoms with Gasteiger partial charge in [-0.1, -0.05) is 19.1 Å². The molecule has 1 aliphatic heterocycles. The lowest BCUT2D eigenvalue weighted by atomic mass is 10.0. The summed E-state index contributed by atoms with van der Waals surface area (Å²) in [6.07, 6.45) is 4.19. The van der Waals surface area contributed by atoms with Crippen LogP contribution in [0.1, 0.15) is 39.5 Å². The smallest absolute Gasteiger partial charge is 0.329 e. The lowest BCUT2D eigenvalue weighted by molar-refractivity contribution is -0.135. The fourth-order valence-corrected chi connectivity index (χ4v) is 3.56. The van der Waals surface area contributed by atoms with E-state index < -0.39 is 0 Å². The Balaban J connectivity index is 1.95. The van der Waals surface area contributed by atoms with Gasteiger partial charge in [0.25, 0.3) is 0 Å². The van der Waals surface area contributed by atoms with Crippen molar-refractivity contribution in [3.8, 4) is 0 Å². The zero-order chi connectivity index (χ0) is 16.4. The van der Waals surface area contributed by atoms with Crippen molar-refractivity contribution >= 4 is 16.9 Å². The first kappa shape index (κ1) is 15.8. The van der Waals surface area contributed by atoms with Gasteiger partial charge in [-0.05, 0) is 44.7 Å². The number of piperidine rings is 1. The van der Waals surface area contributed by atoms with Gasteiger partial charge >= 0.3 is 5.69 Å². The van der Waals surface area contributed by atoms with E-state index in [0.29, 0.717) is 6.54 Å². The summed E-state index contributed by atoms with van der Waals surface area (Å²) in [6, 6.07) is 8.01. The summed E-state index contributed by atoms with van der Waals surface area (Å²) in [5.41, 5.74) is 1.69. The van der Waals surface area contributed by atoms with Gasteiger partial charge in [-0.3, -0.25) is 13.9 Å². The maximum Gasteiger partial charge on any atom is 0.329 e. The van der Waals surface area contributed by atoms with Crippen molar-refractivity contribution in [2.24, 2.45) is 0 Å². The van der Waals surface area contributed by atoms with Crippen molar-refractivity contribution in [2.75, 3.05) is 6.54 Å². The highest BCUT2D eigenvalue weighted by Crippen LogP contribution is 2.18. The fourth-order valence-electron chi connectivity index (χ4n) is 3.56. The Morgan fingerprint density at radius 3 is 2.52 bits per heavy atom. The van der Waals surface area contributed by atoms with Crippen LogP contribution in [0.4, 0.5) is 0 Å². The molecule has 3 rings (SSSR count). The molecule has 5 heteroatoms. The minimum absolute atomic E-state index is 0.0544. The monoisotopic (exact) mass is 315 g/mol. The second-order valence-corrected chi connectivity index (χ2v) is 6.44. The number of nitrogens with zero attached hydrogens (tertiary/aromatic N) is 3. The number of carbonyl (C=O) groups is 1. The van der Waals surface area contributed by atoms with E-state index in [0.717, 1.165) is 36.8 Å². The van der Waals surface area contributed by atoms with Gasteiger partial charge in [0.2, 0.25) is 5.91 Å². The molecule has 124 valence electrons. The number of fused-ring (bicyclic) bond motifs is 1. The number of aromatic nitrogens is 2. The molecule has 0 radical (unpaired) electrons. The number of hydrogen-bond donors (Lipinski definition) is 0. The summed E-state index contributed by atoms with van der Waals surface area (Å²) >= 11 is 0. The van der Waals surface area contributed by atoms with E-state index in [1.54, 1.807) is 9.13 Å². The molecule has 0 unspecified atom stereocenters. The van der Waals surface area contributed by atoms with Gasteiger partial charge in [-0.2, -0.15) is 0 Å². The molecule has 1 fully saturated rings. The van der Waals surface area contributed by atoms with Crippen LogP contribution in [-0.2, 0) is 17.9 Å². The minimum Gasteiger partial charge on any atom is -0.338 e. The van der Waals surface area contributed by atoms with Gasteiger partial charge in [0.1, 0.15) is 6.54 Å². The van der Waals surface area contributed by atoms with E-state index in [2.05, 4.69) is 13.8 Å². The third-order valence-electron chi connectivity index (χ3n) is 4.79. The number of para-hydroxylation sites is 2. The van der Waals surface area contributed by atoms with E-state index >= 15 is 0 Å². The Bertz CT molecular complexity index is 759. The highest BCUT2D eigenvalue weighted by Gasteiger charge is 2.24. The quantitative estimate of drug-likeness (QED) is 0.871. The number of rotatable bonds is 4. The van der Waals surface area contributed by atoms with Crippen molar-refractivity contribution in [3.05, 3.63) is 34.7 Å². The molecule has 5 nitrogen and oxygen atoms in total. The highest BCUT2D eigenvalue weighted by molar-refractivity contribution is 5.81. The van der Waals surface area contributed by atoms with Crippen molar-refractivity contribution in [1.82, 2.24) is 14.0 Å². The zero-order valence-electron chi connectivity index (χ0n) is 14.0. The molecule has 0 saturated carbocycles. The topological polar surface area (TPSA) is 47.2 Å². The van der Waals surface area contributed by atoms with Gasteiger partial charge in [0, 0.05) is 19.1 Å². The van der Waals surface area contributed by atoms with Crippen LogP contribution >= 0.6 is 0 Å². The van der Waals surface area contributed by atoms with Crippen LogP contribution in [0.3, 0.4) is 0 Å². The average molecular weight is 315 g/mol. The molecule has 23 heavy (non-hydrogen) atoms. The summed E-state index contributed by atoms with van der Waals surface area (Å²) in [6.45, 7) is 5.78. The Labute approximate surface area is 136 Å². The number of hydrogen-bond acceptors (Lipinski definition) is 2. The molecule has 2 heterocycles. The van der Waals surface area contributed by atoms with Gasteiger partial charge in [-0.15, -0.1) is 0 Å². The summed E-state index contributed by atoms with van der Waals surface area (Å²) in [5.74, 6) is 0.0544. The van der Waals surface area contributed by atoms with Crippen LogP contribution in [0.5, 0.6) is 0 Å². The number of carbonyl (C=O) groups excluding carboxylic acids is 1. The Morgan fingerprint density at radius 1 is 1.17 bits per heavy atom. The highest BCUT2D eigenvalue weighted by atomic mass is 16.2. The summed E-state index contributed by atoms with van der Waals surface area (Å²) in [5, 5.41) is 0. The first-order chi connectivity index (χ1) is 11.1. The standard InChI is InChI=1S/C18H25N3O2/c1-3-11-20-15-9-4-5-10-16(15)21(18(20)23)13-17(22)19-12-7-6-8-14(19)2/h4-5,9-10,14H,3,6-8,11-13H2,1-2H3/t14-/m1/s1. The van der Waals surface area contributed by atoms with Crippen LogP contribution in [0.15, 0.2) is 29.1 Å². The molecule has 1 aliphatic rings. The fraction of sp³-hybridized carbons (Fsp3) is 0.556. The van der Waals surface area contributed by atoms with Crippen molar-refractivity contribution in [2.45, 2.75) is 58.7 Å². The summed E-state index contributed by atoms with van der Waals surface area (Å²) in [4.78, 5) is 27.4. The number of aryl methyl sites for hydroxylation is 1. The molecule has 1 saturated heterocycles. The van der Waals surface area contributed by atoms with Crippen molar-refractivity contribution in [1.29, 1.82) is 0 Å². The predicted molar refractivity (Wildman–Crippen MR) is 91.5 cm³/mol. The van der Waals surface area contributed by atoms with Crippen LogP contribution < -0.4 is 5.69 Å². The Morgan fingerprint density at radius 2 is 1.87 bits per heavy atom. The van der Waals surface area contributed by atoms with Gasteiger partial charge in [-0.25, -0.2) is 4.79 Å². The molecular formula is C18H25N3O2. The molecular weight excluding hydrogens is 290 g/mol. The van der Waals surface area contributed by atoms with Gasteiger partial charge in [0.05, 0.1) is 11.0 Å². The lowest BCUT2D eigenvalue weighted by Crippen LogP contribution is -2.44. The van der Waals surface area contributed by atoms with Gasteiger partial charge < -0.3 is 4.90 Å². The third-order valence-corrected chi connectivity index (χ3v) is 4.79. The second kappa shape index (κ2) is 6.60. The summed E-state index contributed by atoms with van der Waals surface area (Å²) < 4.78 is 3.41. The average Bonchev–Trinajstić information content (AvgIpc) is 2.81. The van der Waals surface area contributed by atoms with E-state index in [1.807, 2.05) is 29.2 Å². The second-order valence-electron chi connectivity index (χ2n) is 6.44. The predicted octanol–water partition coefficient (Wildman–Crippen LogP) is 2.61. The molecule has 0 N–H and O–H groups in total. The molecule has 1 aromatic heterocycles. The van der Waals surface area contributed by atoms with E-state index in [4.69, 9.17) is 0 Å². The number of likely N-dealkylation sites (tertiary alicyclic amines) is 1. The molecule has 0 aliphatic carbocycles. The number of imidazole rings is 1. The molecule has 1 aromatic carbocycles. The van der Waals surface area contributed by atoms with Crippen molar-refractivity contribution in [3.63, 3.8) is 0 Å². The normalized spacial score (nSPS) is 18.5. The Kier molecular flexibility index (Phi) is 4.55. The van der Waals surface area contributed by atoms with Crippen LogP contribution in [0.25, 0.3) is 11.0 Å². The minimum atomic E-state index is -0.0777. The Hall–Kier alpha value is -2.04. The lowest BCUT2D eigenvalue weighted by Gasteiger charge is -2.33. The van der Waals surface area contributed by atoms with E-state index in [9.17, 15) is 9.59 Å². The van der Waals surface area contributed by atoms with E-state index in [-0.39, 0.29) is 24.2 Å². The van der Waals surface area contributed by atoms with Crippen LogP contribution in [0, 0.1) is 0 Å². The molecule has 2 aromatic rings. The third kappa shape index (κ3) is 2.92. The van der Waals surface area contributed by atoms with E-state index in [1.165, 1.54) is 6.42 Å². The van der Waals surface area contributed by atoms with Crippen LogP contribution in [-0.4, -0.2) is 32.5 Å². The van der Waals surface area contributed by atoms with Crippen LogP contribution in [0.2, 0.25) is 0 Å². The maximum atomic E-state index is 12.7. The first-order valence-electron chi connectivity index (χ1n) is 8.61. The molecule has 1 atom stereocenters. The first-order valence-corrected chi connectivity index (χ1v) is 8.61. The van der Waals surface area contributed by atoms with Crippen molar-refractivity contribution < 1.29 is 4.79 Å². The number of benzene rings is 1.